The summed E-state index contributed by atoms with van der Waals surface area (Å²) < 4.78 is 26.5. The Balaban J connectivity index is 1.47. The molecule has 1 saturated heterocycles. The molecule has 3 aromatic rings. The Kier molecular flexibility index (Phi) is 7.17. The Morgan fingerprint density at radius 2 is 1.83 bits per heavy atom. The summed E-state index contributed by atoms with van der Waals surface area (Å²) in [5.74, 6) is -1.56. The normalized spacial score (nSPS) is 16.6. The molecule has 3 N–H and O–H groups in total. The largest absolute Gasteiger partial charge is 0.508 e. The van der Waals surface area contributed by atoms with Gasteiger partial charge in [-0.1, -0.05) is 0 Å². The third-order valence-electron chi connectivity index (χ3n) is 7.52. The second-order valence-corrected chi connectivity index (χ2v) is 12.3. The number of anilines is 1. The lowest BCUT2D eigenvalue weighted by atomic mass is 10.0. The van der Waals surface area contributed by atoms with Crippen LogP contribution >= 0.6 is 0 Å². The number of rotatable bonds is 6. The van der Waals surface area contributed by atoms with E-state index in [9.17, 15) is 33.2 Å². The second-order valence-electron chi connectivity index (χ2n) is 10.3. The number of sulfone groups is 1. The summed E-state index contributed by atoms with van der Waals surface area (Å²) in [6.07, 6.45) is 1.60. The highest BCUT2D eigenvalue weighted by molar-refractivity contribution is 7.90. The minimum Gasteiger partial charge on any atom is -0.508 e. The molecule has 0 aliphatic carbocycles. The Labute approximate surface area is 236 Å². The molecule has 2 aliphatic heterocycles. The van der Waals surface area contributed by atoms with Crippen LogP contribution in [-0.4, -0.2) is 78.3 Å². The van der Waals surface area contributed by atoms with Gasteiger partial charge in [-0.05, 0) is 56.8 Å². The number of nitrogens with one attached hydrogen (secondary N) is 2. The van der Waals surface area contributed by atoms with Crippen molar-refractivity contribution in [2.45, 2.75) is 24.5 Å². The van der Waals surface area contributed by atoms with Gasteiger partial charge in [-0.3, -0.25) is 19.7 Å². The Morgan fingerprint density at radius 3 is 2.51 bits per heavy atom. The molecule has 0 unspecified atom stereocenters. The third kappa shape index (κ3) is 5.33. The van der Waals surface area contributed by atoms with Crippen molar-refractivity contribution in [2.24, 2.45) is 0 Å². The van der Waals surface area contributed by atoms with Crippen LogP contribution in [0.15, 0.2) is 41.3 Å². The molecule has 1 fully saturated rings. The lowest BCUT2D eigenvalue weighted by Crippen LogP contribution is -2.47. The number of phenols is 1. The Morgan fingerprint density at radius 1 is 1.12 bits per heavy atom. The van der Waals surface area contributed by atoms with E-state index in [0.29, 0.717) is 46.9 Å². The number of piperazine rings is 1. The minimum absolute atomic E-state index is 0.0805. The first-order chi connectivity index (χ1) is 19.4. The monoisotopic (exact) mass is 579 g/mol. The zero-order valence-electron chi connectivity index (χ0n) is 22.7. The van der Waals surface area contributed by atoms with Crippen molar-refractivity contribution in [1.29, 1.82) is 0 Å². The number of benzene rings is 2. The summed E-state index contributed by atoms with van der Waals surface area (Å²) in [7, 11) is -2.05. The van der Waals surface area contributed by atoms with Crippen molar-refractivity contribution < 1.29 is 28.0 Å². The SMILES string of the molecule is Cc1[nH]c(C=C2C(=O)Nc3ccc(S(=O)(=O)Cc4cc([N+](=O)[O-])ccc4O)cc32)c(C)c1C(=O)N1CCN(C)CC1. The van der Waals surface area contributed by atoms with Crippen LogP contribution in [0, 0.1) is 24.0 Å². The number of amides is 2. The third-order valence-corrected chi connectivity index (χ3v) is 9.18. The van der Waals surface area contributed by atoms with Gasteiger partial charge in [-0.15, -0.1) is 0 Å². The molecule has 5 rings (SSSR count). The van der Waals surface area contributed by atoms with Crippen molar-refractivity contribution in [1.82, 2.24) is 14.8 Å². The van der Waals surface area contributed by atoms with E-state index >= 15 is 0 Å². The summed E-state index contributed by atoms with van der Waals surface area (Å²) in [6.45, 7) is 6.42. The summed E-state index contributed by atoms with van der Waals surface area (Å²) >= 11 is 0. The number of hydrogen-bond acceptors (Lipinski definition) is 8. The van der Waals surface area contributed by atoms with Gasteiger partial charge in [0.1, 0.15) is 5.75 Å². The number of aromatic nitrogens is 1. The number of non-ortho nitro benzene ring substituents is 1. The van der Waals surface area contributed by atoms with Crippen molar-refractivity contribution in [2.75, 3.05) is 38.5 Å². The highest BCUT2D eigenvalue weighted by Crippen LogP contribution is 2.37. The molecule has 2 amide bonds. The van der Waals surface area contributed by atoms with Crippen molar-refractivity contribution in [3.8, 4) is 5.75 Å². The average Bonchev–Trinajstić information content (AvgIpc) is 3.38. The van der Waals surface area contributed by atoms with Gasteiger partial charge in [0.2, 0.25) is 0 Å². The molecule has 12 nitrogen and oxygen atoms in total. The number of aromatic hydroxyl groups is 1. The molecule has 0 saturated carbocycles. The van der Waals surface area contributed by atoms with Crippen LogP contribution in [0.2, 0.25) is 0 Å². The number of nitro benzene ring substituents is 1. The highest BCUT2D eigenvalue weighted by atomic mass is 32.2. The number of carbonyl (C=O) groups is 2. The predicted octanol–water partition coefficient (Wildman–Crippen LogP) is 3.10. The van der Waals surface area contributed by atoms with E-state index in [-0.39, 0.29) is 33.4 Å². The van der Waals surface area contributed by atoms with Crippen molar-refractivity contribution >= 4 is 44.7 Å². The summed E-state index contributed by atoms with van der Waals surface area (Å²) in [6, 6.07) is 7.37. The fourth-order valence-electron chi connectivity index (χ4n) is 5.14. The second kappa shape index (κ2) is 10.5. The van der Waals surface area contributed by atoms with Gasteiger partial charge in [-0.25, -0.2) is 8.42 Å². The number of likely N-dealkylation sites (N-methyl/N-ethyl adjacent to an activating group) is 1. The quantitative estimate of drug-likeness (QED) is 0.228. The lowest BCUT2D eigenvalue weighted by Gasteiger charge is -2.32. The van der Waals surface area contributed by atoms with Crippen LogP contribution in [0.5, 0.6) is 5.75 Å². The van der Waals surface area contributed by atoms with Crippen LogP contribution in [0.25, 0.3) is 11.6 Å². The maximum absolute atomic E-state index is 13.3. The number of carbonyl (C=O) groups excluding carboxylic acids is 2. The van der Waals surface area contributed by atoms with Crippen molar-refractivity contribution in [3.63, 3.8) is 0 Å². The number of aryl methyl sites for hydroxylation is 1. The topological polar surface area (TPSA) is 166 Å². The minimum atomic E-state index is -4.06. The molecule has 0 bridgehead atoms. The van der Waals surface area contributed by atoms with Gasteiger partial charge in [-0.2, -0.15) is 0 Å². The van der Waals surface area contributed by atoms with Crippen LogP contribution in [-0.2, 0) is 20.4 Å². The maximum atomic E-state index is 13.3. The van der Waals surface area contributed by atoms with Gasteiger partial charge < -0.3 is 25.2 Å². The summed E-state index contributed by atoms with van der Waals surface area (Å²) in [4.78, 5) is 43.8. The number of H-pyrrole nitrogens is 1. The maximum Gasteiger partial charge on any atom is 0.270 e. The molecular formula is C28H29N5O7S. The molecule has 0 atom stereocenters. The standard InChI is InChI=1S/C28H29N5O7S/c1-16-24(29-17(2)26(16)28(36)32-10-8-31(3)9-11-32)14-22-21-13-20(5-6-23(21)30-27(22)35)41(39,40)15-18-12-19(33(37)38)4-7-25(18)34/h4-7,12-14,29,34H,8-11,15H2,1-3H3,(H,30,35). The zero-order chi connectivity index (χ0) is 29.6. The molecule has 2 aromatic carbocycles. The molecule has 41 heavy (non-hydrogen) atoms. The summed E-state index contributed by atoms with van der Waals surface area (Å²) in [5.41, 5.74) is 3.02. The summed E-state index contributed by atoms with van der Waals surface area (Å²) in [5, 5.41) is 24.0. The van der Waals surface area contributed by atoms with E-state index < -0.39 is 26.4 Å². The fraction of sp³-hybridized carbons (Fsp3) is 0.286. The number of nitro groups is 1. The lowest BCUT2D eigenvalue weighted by molar-refractivity contribution is -0.384. The Hall–Kier alpha value is -4.49. The van der Waals surface area contributed by atoms with Gasteiger partial charge in [0, 0.05) is 66.5 Å². The van der Waals surface area contributed by atoms with Gasteiger partial charge in [0.05, 0.1) is 26.7 Å². The van der Waals surface area contributed by atoms with E-state index in [0.717, 1.165) is 31.3 Å². The fourth-order valence-corrected chi connectivity index (χ4v) is 6.52. The van der Waals surface area contributed by atoms with E-state index in [1.807, 2.05) is 11.9 Å². The van der Waals surface area contributed by atoms with E-state index in [1.54, 1.807) is 19.9 Å². The number of hydrogen-bond donors (Lipinski definition) is 3. The molecule has 1 aromatic heterocycles. The van der Waals surface area contributed by atoms with Crippen molar-refractivity contribution in [3.05, 3.63) is 80.2 Å². The van der Waals surface area contributed by atoms with Gasteiger partial charge in [0.25, 0.3) is 17.5 Å². The first-order valence-corrected chi connectivity index (χ1v) is 14.5. The molecule has 13 heteroatoms. The van der Waals surface area contributed by atoms with Crippen LogP contribution in [0.4, 0.5) is 11.4 Å². The highest BCUT2D eigenvalue weighted by Gasteiger charge is 2.30. The van der Waals surface area contributed by atoms with Gasteiger partial charge in [0.15, 0.2) is 9.84 Å². The number of nitrogens with zero attached hydrogens (tertiary/aromatic N) is 3. The molecule has 0 radical (unpaired) electrons. The van der Waals surface area contributed by atoms with Gasteiger partial charge >= 0.3 is 0 Å². The zero-order valence-corrected chi connectivity index (χ0v) is 23.5. The predicted molar refractivity (Wildman–Crippen MR) is 152 cm³/mol. The van der Waals surface area contributed by atoms with Crippen LogP contribution < -0.4 is 5.32 Å². The molecule has 2 aliphatic rings. The van der Waals surface area contributed by atoms with Crippen LogP contribution in [0.1, 0.15) is 38.4 Å². The van der Waals surface area contributed by atoms with E-state index in [2.05, 4.69) is 15.2 Å². The molecule has 3 heterocycles. The first-order valence-electron chi connectivity index (χ1n) is 12.9. The average molecular weight is 580 g/mol. The smallest absolute Gasteiger partial charge is 0.270 e. The van der Waals surface area contributed by atoms with E-state index in [1.165, 1.54) is 18.2 Å². The first kappa shape index (κ1) is 28.1. The van der Waals surface area contributed by atoms with Crippen LogP contribution in [0.3, 0.4) is 0 Å². The molecular weight excluding hydrogens is 550 g/mol. The number of fused-ring (bicyclic) bond motifs is 1. The molecule has 214 valence electrons. The Bertz CT molecular complexity index is 1730. The number of phenolic OH excluding ortho intramolecular Hbond substituents is 1. The van der Waals surface area contributed by atoms with E-state index in [4.69, 9.17) is 0 Å². The number of aromatic amines is 1. The molecule has 0 spiro atoms.